The molecule has 1 aromatic carbocycles. The first kappa shape index (κ1) is 11.4. The van der Waals surface area contributed by atoms with E-state index in [1.54, 1.807) is 17.5 Å². The predicted molar refractivity (Wildman–Crippen MR) is 63.7 cm³/mol. The number of hydrogen-bond donors (Lipinski definition) is 0. The molecule has 0 unspecified atom stereocenters. The van der Waals surface area contributed by atoms with E-state index in [0.717, 1.165) is 0 Å². The normalized spacial score (nSPS) is 10.4. The second kappa shape index (κ2) is 4.80. The summed E-state index contributed by atoms with van der Waals surface area (Å²) in [6, 6.07) is 4.77. The Bertz CT molecular complexity index is 500. The van der Waals surface area contributed by atoms with Gasteiger partial charge in [0, 0.05) is 10.9 Å². The van der Waals surface area contributed by atoms with Gasteiger partial charge in [-0.25, -0.2) is 9.37 Å². The van der Waals surface area contributed by atoms with Crippen LogP contribution in [0.2, 0.25) is 5.15 Å². The average molecular weight is 258 g/mol. The molecule has 2 rings (SSSR count). The van der Waals surface area contributed by atoms with E-state index in [1.165, 1.54) is 17.4 Å². The van der Waals surface area contributed by atoms with Gasteiger partial charge in [0.05, 0.1) is 6.61 Å². The molecule has 0 saturated heterocycles. The fourth-order valence-corrected chi connectivity index (χ4v) is 2.24. The number of hydrogen-bond acceptors (Lipinski definition) is 3. The Morgan fingerprint density at radius 3 is 2.88 bits per heavy atom. The van der Waals surface area contributed by atoms with Gasteiger partial charge < -0.3 is 4.74 Å². The molecule has 0 radical (unpaired) electrons. The maximum atomic E-state index is 13.5. The molecule has 0 atom stereocenters. The number of aromatic nitrogens is 1. The van der Waals surface area contributed by atoms with Crippen LogP contribution >= 0.6 is 22.9 Å². The van der Waals surface area contributed by atoms with Crippen LogP contribution in [-0.4, -0.2) is 11.6 Å². The number of halogens is 2. The number of benzene rings is 1. The lowest BCUT2D eigenvalue weighted by Gasteiger charge is -2.05. The quantitative estimate of drug-likeness (QED) is 0.829. The summed E-state index contributed by atoms with van der Waals surface area (Å²) in [4.78, 5) is 4.07. The van der Waals surface area contributed by atoms with E-state index in [-0.39, 0.29) is 11.6 Å². The van der Waals surface area contributed by atoms with E-state index in [0.29, 0.717) is 22.3 Å². The van der Waals surface area contributed by atoms with E-state index in [9.17, 15) is 4.39 Å². The van der Waals surface area contributed by atoms with Crippen LogP contribution in [0.4, 0.5) is 4.39 Å². The van der Waals surface area contributed by atoms with E-state index in [1.807, 2.05) is 6.92 Å². The van der Waals surface area contributed by atoms with Gasteiger partial charge >= 0.3 is 0 Å². The Labute approximate surface area is 102 Å². The summed E-state index contributed by atoms with van der Waals surface area (Å²) < 4.78 is 18.7. The third-order valence-corrected chi connectivity index (χ3v) is 3.17. The van der Waals surface area contributed by atoms with Gasteiger partial charge in [-0.2, -0.15) is 0 Å². The zero-order chi connectivity index (χ0) is 11.5. The Hall–Kier alpha value is -1.13. The molecule has 1 heterocycles. The molecule has 0 spiro atoms. The van der Waals surface area contributed by atoms with Crippen molar-refractivity contribution in [2.45, 2.75) is 6.92 Å². The molecule has 0 N–H and O–H groups in total. The monoisotopic (exact) mass is 257 g/mol. The lowest BCUT2D eigenvalue weighted by atomic mass is 10.2. The van der Waals surface area contributed by atoms with Crippen LogP contribution in [0.5, 0.6) is 5.75 Å². The van der Waals surface area contributed by atoms with Gasteiger partial charge in [0.2, 0.25) is 0 Å². The number of rotatable bonds is 3. The van der Waals surface area contributed by atoms with Crippen molar-refractivity contribution in [3.05, 3.63) is 34.5 Å². The van der Waals surface area contributed by atoms with Crippen molar-refractivity contribution in [1.29, 1.82) is 0 Å². The summed E-state index contributed by atoms with van der Waals surface area (Å²) in [6.45, 7) is 2.26. The van der Waals surface area contributed by atoms with Crippen molar-refractivity contribution in [3.63, 3.8) is 0 Å². The van der Waals surface area contributed by atoms with Gasteiger partial charge in [0.1, 0.15) is 10.2 Å². The smallest absolute Gasteiger partial charge is 0.165 e. The molecule has 1 aromatic heterocycles. The largest absolute Gasteiger partial charge is 0.491 e. The van der Waals surface area contributed by atoms with E-state index >= 15 is 0 Å². The molecule has 0 aliphatic heterocycles. The minimum absolute atomic E-state index is 0.258. The van der Waals surface area contributed by atoms with Gasteiger partial charge in [0.25, 0.3) is 0 Å². The van der Waals surface area contributed by atoms with Crippen LogP contribution in [0.3, 0.4) is 0 Å². The van der Waals surface area contributed by atoms with Crippen LogP contribution in [0.15, 0.2) is 23.6 Å². The van der Waals surface area contributed by atoms with Crippen molar-refractivity contribution >= 4 is 22.9 Å². The summed E-state index contributed by atoms with van der Waals surface area (Å²) in [5.74, 6) is -0.125. The lowest BCUT2D eigenvalue weighted by molar-refractivity contribution is 0.321. The van der Waals surface area contributed by atoms with E-state index < -0.39 is 0 Å². The van der Waals surface area contributed by atoms with Gasteiger partial charge in [-0.15, -0.1) is 11.3 Å². The molecule has 16 heavy (non-hydrogen) atoms. The minimum atomic E-state index is -0.384. The molecule has 0 aliphatic carbocycles. The first-order valence-corrected chi connectivity index (χ1v) is 6.00. The molecule has 0 aliphatic rings. The summed E-state index contributed by atoms with van der Waals surface area (Å²) in [5, 5.41) is 2.84. The Kier molecular flexibility index (Phi) is 3.41. The van der Waals surface area contributed by atoms with Crippen LogP contribution in [0.25, 0.3) is 10.6 Å². The molecule has 2 aromatic rings. The van der Waals surface area contributed by atoms with Gasteiger partial charge in [0.15, 0.2) is 11.6 Å². The maximum Gasteiger partial charge on any atom is 0.165 e. The summed E-state index contributed by atoms with van der Waals surface area (Å²) >= 11 is 7.09. The van der Waals surface area contributed by atoms with Crippen LogP contribution in [0.1, 0.15) is 6.92 Å². The van der Waals surface area contributed by atoms with Gasteiger partial charge in [-0.05, 0) is 25.1 Å². The highest BCUT2D eigenvalue weighted by atomic mass is 35.5. The van der Waals surface area contributed by atoms with Crippen molar-refractivity contribution in [2.75, 3.05) is 6.61 Å². The molecule has 5 heteroatoms. The van der Waals surface area contributed by atoms with Gasteiger partial charge in [-0.1, -0.05) is 11.6 Å². The third kappa shape index (κ3) is 2.33. The first-order valence-electron chi connectivity index (χ1n) is 4.74. The summed E-state index contributed by atoms with van der Waals surface area (Å²) in [7, 11) is 0. The second-order valence-corrected chi connectivity index (χ2v) is 4.30. The molecular weight excluding hydrogens is 249 g/mol. The highest BCUT2D eigenvalue weighted by Gasteiger charge is 2.08. The molecule has 0 bridgehead atoms. The molecular formula is C11H9ClFNOS. The lowest BCUT2D eigenvalue weighted by Crippen LogP contribution is -1.94. The van der Waals surface area contributed by atoms with Crippen molar-refractivity contribution in [3.8, 4) is 16.3 Å². The Morgan fingerprint density at radius 1 is 1.50 bits per heavy atom. The first-order chi connectivity index (χ1) is 7.70. The highest BCUT2D eigenvalue weighted by molar-refractivity contribution is 7.13. The average Bonchev–Trinajstić information content (AvgIpc) is 2.68. The fourth-order valence-electron chi connectivity index (χ4n) is 1.29. The van der Waals surface area contributed by atoms with Crippen LogP contribution < -0.4 is 4.74 Å². The molecule has 0 amide bonds. The third-order valence-electron chi connectivity index (χ3n) is 1.95. The van der Waals surface area contributed by atoms with Crippen LogP contribution in [-0.2, 0) is 0 Å². The SMILES string of the molecule is CCOc1ccc(-c2nc(Cl)cs2)cc1F. The Morgan fingerprint density at radius 2 is 2.31 bits per heavy atom. The standard InChI is InChI=1S/C11H9ClFNOS/c1-2-15-9-4-3-7(5-8(9)13)11-14-10(12)6-16-11/h3-6H,2H2,1H3. The second-order valence-electron chi connectivity index (χ2n) is 3.05. The highest BCUT2D eigenvalue weighted by Crippen LogP contribution is 2.29. The molecule has 84 valence electrons. The van der Waals surface area contributed by atoms with Crippen molar-refractivity contribution in [1.82, 2.24) is 4.98 Å². The minimum Gasteiger partial charge on any atom is -0.491 e. The summed E-state index contributed by atoms with van der Waals surface area (Å²) in [6.07, 6.45) is 0. The topological polar surface area (TPSA) is 22.1 Å². The maximum absolute atomic E-state index is 13.5. The summed E-state index contributed by atoms with van der Waals surface area (Å²) in [5.41, 5.74) is 0.706. The molecule has 0 saturated carbocycles. The zero-order valence-electron chi connectivity index (χ0n) is 8.54. The van der Waals surface area contributed by atoms with Crippen molar-refractivity contribution < 1.29 is 9.13 Å². The predicted octanol–water partition coefficient (Wildman–Crippen LogP) is 4.00. The zero-order valence-corrected chi connectivity index (χ0v) is 10.1. The van der Waals surface area contributed by atoms with E-state index in [4.69, 9.17) is 16.3 Å². The number of nitrogens with zero attached hydrogens (tertiary/aromatic N) is 1. The van der Waals surface area contributed by atoms with E-state index in [2.05, 4.69) is 4.98 Å². The molecule has 0 fully saturated rings. The Balaban J connectivity index is 2.34. The van der Waals surface area contributed by atoms with Crippen molar-refractivity contribution in [2.24, 2.45) is 0 Å². The van der Waals surface area contributed by atoms with Crippen LogP contribution in [0, 0.1) is 5.82 Å². The fraction of sp³-hybridized carbons (Fsp3) is 0.182. The molecule has 2 nitrogen and oxygen atoms in total. The number of thiazole rings is 1. The number of ether oxygens (including phenoxy) is 1. The van der Waals surface area contributed by atoms with Gasteiger partial charge in [-0.3, -0.25) is 0 Å².